The van der Waals surface area contributed by atoms with Gasteiger partial charge in [0.15, 0.2) is 0 Å². The summed E-state index contributed by atoms with van der Waals surface area (Å²) in [4.78, 5) is 0. The van der Waals surface area contributed by atoms with Gasteiger partial charge >= 0.3 is 0 Å². The van der Waals surface area contributed by atoms with Crippen molar-refractivity contribution in [1.82, 2.24) is 0 Å². The molecule has 0 radical (unpaired) electrons. The first kappa shape index (κ1) is 10.1. The smallest absolute Gasteiger partial charge is 0.0697 e. The number of benzene rings is 2. The molecular weight excluding hydrogens is 208 g/mol. The van der Waals surface area contributed by atoms with Gasteiger partial charge in [0.2, 0.25) is 0 Å². The Balaban J connectivity index is 2.35. The van der Waals surface area contributed by atoms with Crippen LogP contribution in [0.25, 0.3) is 11.1 Å². The van der Waals surface area contributed by atoms with E-state index in [-0.39, 0.29) is 0 Å². The molecule has 3 rings (SSSR count). The topological polar surface area (TPSA) is 49.9 Å². The van der Waals surface area contributed by atoms with Crippen molar-refractivity contribution in [1.29, 1.82) is 5.41 Å². The molecule has 0 aromatic heterocycles. The molecule has 0 bridgehead atoms. The number of hydrogen-bond donors (Lipinski definition) is 2. The molecule has 0 spiro atoms. The molecule has 0 heterocycles. The normalized spacial score (nSPS) is 12.5. The van der Waals surface area contributed by atoms with Crippen molar-refractivity contribution in [2.24, 2.45) is 0 Å². The average molecular weight is 222 g/mol. The molecule has 2 aromatic carbocycles. The molecule has 0 amide bonds. The molecule has 84 valence electrons. The number of nitrogens with one attached hydrogen (secondary N) is 1. The minimum Gasteiger partial charge on any atom is -0.399 e. The molecule has 0 fully saturated rings. The third-order valence-corrected chi connectivity index (χ3v) is 3.51. The number of nitrogens with two attached hydrogens (primary N) is 1. The van der Waals surface area contributed by atoms with Crippen LogP contribution in [0.5, 0.6) is 0 Å². The lowest BCUT2D eigenvalue weighted by molar-refractivity contribution is 1.34. The van der Waals surface area contributed by atoms with E-state index < -0.39 is 0 Å². The number of aryl methyl sites for hydroxylation is 2. The Kier molecular flexibility index (Phi) is 1.90. The van der Waals surface area contributed by atoms with Crippen LogP contribution in [0.2, 0.25) is 0 Å². The van der Waals surface area contributed by atoms with Crippen molar-refractivity contribution >= 4 is 11.4 Å². The lowest BCUT2D eigenvalue weighted by Crippen LogP contribution is -1.97. The first-order valence-electron chi connectivity index (χ1n) is 5.68. The van der Waals surface area contributed by atoms with Crippen molar-refractivity contribution in [3.05, 3.63) is 52.6 Å². The van der Waals surface area contributed by atoms with E-state index in [1.807, 2.05) is 18.2 Å². The van der Waals surface area contributed by atoms with E-state index in [2.05, 4.69) is 26.0 Å². The second-order valence-electron chi connectivity index (χ2n) is 4.66. The minimum atomic E-state index is 0.588. The Hall–Kier alpha value is -2.09. The first-order valence-corrected chi connectivity index (χ1v) is 5.68. The zero-order valence-electron chi connectivity index (χ0n) is 9.96. The van der Waals surface area contributed by atoms with E-state index >= 15 is 0 Å². The molecule has 2 aromatic rings. The van der Waals surface area contributed by atoms with Gasteiger partial charge in [-0.15, -0.1) is 0 Å². The highest BCUT2D eigenvalue weighted by Gasteiger charge is 2.24. The average Bonchev–Trinajstić information content (AvgIpc) is 2.54. The molecule has 17 heavy (non-hydrogen) atoms. The van der Waals surface area contributed by atoms with E-state index in [9.17, 15) is 0 Å². The zero-order valence-corrected chi connectivity index (χ0v) is 9.96. The Morgan fingerprint density at radius 3 is 2.12 bits per heavy atom. The van der Waals surface area contributed by atoms with Gasteiger partial charge in [0.05, 0.1) is 5.71 Å². The Bertz CT molecular complexity index is 654. The molecule has 2 nitrogen and oxygen atoms in total. The van der Waals surface area contributed by atoms with Gasteiger partial charge in [-0.05, 0) is 54.3 Å². The monoisotopic (exact) mass is 222 g/mol. The summed E-state index contributed by atoms with van der Waals surface area (Å²) in [5, 5.41) is 8.22. The fourth-order valence-corrected chi connectivity index (χ4v) is 2.39. The Morgan fingerprint density at radius 2 is 1.41 bits per heavy atom. The van der Waals surface area contributed by atoms with Crippen molar-refractivity contribution in [3.8, 4) is 11.1 Å². The maximum Gasteiger partial charge on any atom is 0.0697 e. The van der Waals surface area contributed by atoms with Gasteiger partial charge in [-0.1, -0.05) is 12.1 Å². The third-order valence-electron chi connectivity index (χ3n) is 3.51. The zero-order chi connectivity index (χ0) is 12.2. The third kappa shape index (κ3) is 1.30. The maximum absolute atomic E-state index is 8.22. The molecule has 0 unspecified atom stereocenters. The van der Waals surface area contributed by atoms with Crippen LogP contribution in [0.3, 0.4) is 0 Å². The summed E-state index contributed by atoms with van der Waals surface area (Å²) in [5.41, 5.74) is 13.9. The highest BCUT2D eigenvalue weighted by molar-refractivity contribution is 6.23. The molecule has 0 saturated carbocycles. The van der Waals surface area contributed by atoms with Crippen molar-refractivity contribution in [2.45, 2.75) is 13.8 Å². The van der Waals surface area contributed by atoms with Crippen molar-refractivity contribution in [3.63, 3.8) is 0 Å². The van der Waals surface area contributed by atoms with Gasteiger partial charge in [0, 0.05) is 16.8 Å². The summed E-state index contributed by atoms with van der Waals surface area (Å²) < 4.78 is 0. The van der Waals surface area contributed by atoms with Crippen LogP contribution >= 0.6 is 0 Å². The van der Waals surface area contributed by atoms with Crippen molar-refractivity contribution in [2.75, 3.05) is 5.73 Å². The lowest BCUT2D eigenvalue weighted by atomic mass is 9.99. The summed E-state index contributed by atoms with van der Waals surface area (Å²) >= 11 is 0. The van der Waals surface area contributed by atoms with E-state index in [0.717, 1.165) is 27.9 Å². The molecule has 0 atom stereocenters. The first-order chi connectivity index (χ1) is 8.08. The summed E-state index contributed by atoms with van der Waals surface area (Å²) in [5.74, 6) is 0. The van der Waals surface area contributed by atoms with Gasteiger partial charge in [0.1, 0.15) is 0 Å². The summed E-state index contributed by atoms with van der Waals surface area (Å²) in [6.07, 6.45) is 0. The van der Waals surface area contributed by atoms with E-state index in [1.165, 1.54) is 11.1 Å². The van der Waals surface area contributed by atoms with Crippen LogP contribution < -0.4 is 5.73 Å². The van der Waals surface area contributed by atoms with Crippen LogP contribution in [-0.4, -0.2) is 5.71 Å². The molecular formula is C15H14N2. The van der Waals surface area contributed by atoms with E-state index in [1.54, 1.807) is 0 Å². The minimum absolute atomic E-state index is 0.588. The number of hydrogen-bond acceptors (Lipinski definition) is 2. The fraction of sp³-hybridized carbons (Fsp3) is 0.133. The van der Waals surface area contributed by atoms with Gasteiger partial charge in [0.25, 0.3) is 0 Å². The highest BCUT2D eigenvalue weighted by Crippen LogP contribution is 2.38. The van der Waals surface area contributed by atoms with Gasteiger partial charge in [-0.3, -0.25) is 5.41 Å². The van der Waals surface area contributed by atoms with Gasteiger partial charge in [-0.2, -0.15) is 0 Å². The summed E-state index contributed by atoms with van der Waals surface area (Å²) in [7, 11) is 0. The molecule has 0 saturated heterocycles. The standard InChI is InChI=1S/C15H14N2/c1-8-5-12-11-4-3-10(16)7-14(11)15(17)13(12)6-9(8)2/h3-7,17H,16H2,1-2H3. The predicted octanol–water partition coefficient (Wildman–Crippen LogP) is 3.28. The predicted molar refractivity (Wildman–Crippen MR) is 71.7 cm³/mol. The number of nitrogen functional groups attached to an aromatic ring is 1. The number of rotatable bonds is 0. The van der Waals surface area contributed by atoms with Crippen LogP contribution in [0.4, 0.5) is 5.69 Å². The largest absolute Gasteiger partial charge is 0.399 e. The second kappa shape index (κ2) is 3.20. The molecule has 1 aliphatic rings. The van der Waals surface area contributed by atoms with Crippen molar-refractivity contribution < 1.29 is 0 Å². The summed E-state index contributed by atoms with van der Waals surface area (Å²) in [6.45, 7) is 4.19. The lowest BCUT2D eigenvalue weighted by Gasteiger charge is -2.05. The molecule has 2 heteroatoms. The molecule has 0 aliphatic heterocycles. The van der Waals surface area contributed by atoms with Crippen LogP contribution in [0.1, 0.15) is 22.3 Å². The maximum atomic E-state index is 8.22. The van der Waals surface area contributed by atoms with E-state index in [0.29, 0.717) is 5.71 Å². The molecule has 3 N–H and O–H groups in total. The second-order valence-corrected chi connectivity index (χ2v) is 4.66. The van der Waals surface area contributed by atoms with Crippen LogP contribution in [-0.2, 0) is 0 Å². The van der Waals surface area contributed by atoms with Gasteiger partial charge < -0.3 is 5.73 Å². The van der Waals surface area contributed by atoms with Gasteiger partial charge in [-0.25, -0.2) is 0 Å². The Morgan fingerprint density at radius 1 is 0.824 bits per heavy atom. The fourth-order valence-electron chi connectivity index (χ4n) is 2.39. The summed E-state index contributed by atoms with van der Waals surface area (Å²) in [6, 6.07) is 10.1. The SMILES string of the molecule is Cc1cc2c(cc1C)-c1ccc(N)cc1C2=N. The Labute approximate surface area is 101 Å². The number of fused-ring (bicyclic) bond motifs is 3. The van der Waals surface area contributed by atoms with Crippen LogP contribution in [0.15, 0.2) is 30.3 Å². The quantitative estimate of drug-likeness (QED) is 0.563. The number of anilines is 1. The molecule has 1 aliphatic carbocycles. The van der Waals surface area contributed by atoms with E-state index in [4.69, 9.17) is 11.1 Å². The van der Waals surface area contributed by atoms with Crippen LogP contribution in [0, 0.1) is 19.3 Å². The highest BCUT2D eigenvalue weighted by atomic mass is 14.6.